The van der Waals surface area contributed by atoms with Gasteiger partial charge in [0.25, 0.3) is 11.6 Å². The van der Waals surface area contributed by atoms with Crippen LogP contribution in [0.1, 0.15) is 15.2 Å². The van der Waals surface area contributed by atoms with Gasteiger partial charge in [-0.2, -0.15) is 0 Å². The highest BCUT2D eigenvalue weighted by Crippen LogP contribution is 2.31. The number of non-ortho nitro benzene ring substituents is 1. The average molecular weight is 388 g/mol. The largest absolute Gasteiger partial charge is 0.451 e. The first kappa shape index (κ1) is 18.5. The van der Waals surface area contributed by atoms with E-state index in [9.17, 15) is 24.1 Å². The molecule has 0 spiro atoms. The number of ether oxygens (including phenoxy) is 1. The molecule has 0 saturated carbocycles. The van der Waals surface area contributed by atoms with Gasteiger partial charge < -0.3 is 10.1 Å². The minimum Gasteiger partial charge on any atom is -0.451 e. The zero-order valence-electron chi connectivity index (χ0n) is 14.0. The van der Waals surface area contributed by atoms with Crippen molar-refractivity contribution in [2.45, 2.75) is 6.92 Å². The van der Waals surface area contributed by atoms with Gasteiger partial charge in [-0.1, -0.05) is 18.2 Å². The number of thiophene rings is 1. The van der Waals surface area contributed by atoms with E-state index in [1.54, 1.807) is 6.92 Å². The van der Waals surface area contributed by atoms with Crippen molar-refractivity contribution in [3.8, 4) is 0 Å². The maximum Gasteiger partial charge on any atom is 0.349 e. The minimum atomic E-state index is -0.833. The molecule has 3 aromatic rings. The molecule has 7 nitrogen and oxygen atoms in total. The number of rotatable bonds is 5. The summed E-state index contributed by atoms with van der Waals surface area (Å²) in [6, 6.07) is 10.2. The summed E-state index contributed by atoms with van der Waals surface area (Å²) >= 11 is 1.25. The number of halogens is 1. The van der Waals surface area contributed by atoms with Crippen LogP contribution in [-0.2, 0) is 9.53 Å². The lowest BCUT2D eigenvalue weighted by Crippen LogP contribution is -2.21. The van der Waals surface area contributed by atoms with E-state index in [4.69, 9.17) is 4.74 Å². The lowest BCUT2D eigenvalue weighted by Gasteiger charge is -2.07. The summed E-state index contributed by atoms with van der Waals surface area (Å²) in [5.74, 6) is -2.30. The molecule has 0 bridgehead atoms. The van der Waals surface area contributed by atoms with Crippen molar-refractivity contribution in [2.75, 3.05) is 11.9 Å². The van der Waals surface area contributed by atoms with E-state index >= 15 is 0 Å². The number of fused-ring (bicyclic) bond motifs is 1. The quantitative estimate of drug-likeness (QED) is 0.404. The van der Waals surface area contributed by atoms with Crippen molar-refractivity contribution < 1.29 is 23.6 Å². The molecular formula is C18H13FN2O5S. The third-order valence-electron chi connectivity index (χ3n) is 3.80. The summed E-state index contributed by atoms with van der Waals surface area (Å²) in [5, 5.41) is 13.8. The number of nitrogens with one attached hydrogen (secondary N) is 1. The third kappa shape index (κ3) is 3.93. The predicted octanol–water partition coefficient (Wildman–Crippen LogP) is 4.05. The molecule has 0 fully saturated rings. The molecule has 1 heterocycles. The molecule has 1 amide bonds. The number of esters is 1. The Morgan fingerprint density at radius 3 is 2.70 bits per heavy atom. The fourth-order valence-electron chi connectivity index (χ4n) is 2.47. The van der Waals surface area contributed by atoms with Crippen LogP contribution in [-0.4, -0.2) is 23.4 Å². The fraction of sp³-hybridized carbons (Fsp3) is 0.111. The Hall–Kier alpha value is -3.33. The number of hydrogen-bond donors (Lipinski definition) is 1. The summed E-state index contributed by atoms with van der Waals surface area (Å²) in [6.45, 7) is 1.14. The molecule has 9 heteroatoms. The number of benzene rings is 2. The Kier molecular flexibility index (Phi) is 5.13. The highest BCUT2D eigenvalue weighted by Gasteiger charge is 2.19. The summed E-state index contributed by atoms with van der Waals surface area (Å²) in [6.07, 6.45) is 0. The lowest BCUT2D eigenvalue weighted by molar-refractivity contribution is -0.384. The van der Waals surface area contributed by atoms with Gasteiger partial charge in [-0.25, -0.2) is 9.18 Å². The number of carbonyl (C=O) groups is 2. The SMILES string of the molecule is Cc1c(C(=O)OCC(=O)Nc2cc([N+](=O)[O-])ccc2F)sc2ccccc12. The highest BCUT2D eigenvalue weighted by molar-refractivity contribution is 7.21. The van der Waals surface area contributed by atoms with Crippen molar-refractivity contribution in [2.24, 2.45) is 0 Å². The normalized spacial score (nSPS) is 10.6. The second-order valence-electron chi connectivity index (χ2n) is 5.60. The topological polar surface area (TPSA) is 98.5 Å². The maximum absolute atomic E-state index is 13.7. The fourth-order valence-corrected chi connectivity index (χ4v) is 3.58. The van der Waals surface area contributed by atoms with E-state index in [2.05, 4.69) is 5.32 Å². The van der Waals surface area contributed by atoms with Crippen LogP contribution in [0.4, 0.5) is 15.8 Å². The van der Waals surface area contributed by atoms with E-state index in [1.807, 2.05) is 24.3 Å². The molecule has 0 aliphatic rings. The van der Waals surface area contributed by atoms with Crippen LogP contribution in [0.3, 0.4) is 0 Å². The van der Waals surface area contributed by atoms with E-state index < -0.39 is 29.2 Å². The van der Waals surface area contributed by atoms with Crippen LogP contribution in [0.15, 0.2) is 42.5 Å². The minimum absolute atomic E-state index is 0.358. The Morgan fingerprint density at radius 2 is 2.00 bits per heavy atom. The number of aryl methyl sites for hydroxylation is 1. The number of hydrogen-bond acceptors (Lipinski definition) is 6. The van der Waals surface area contributed by atoms with Gasteiger partial charge in [-0.3, -0.25) is 14.9 Å². The van der Waals surface area contributed by atoms with E-state index in [0.717, 1.165) is 33.8 Å². The zero-order valence-corrected chi connectivity index (χ0v) is 14.8. The van der Waals surface area contributed by atoms with Crippen molar-refractivity contribution in [3.63, 3.8) is 0 Å². The first-order chi connectivity index (χ1) is 12.9. The second kappa shape index (κ2) is 7.50. The molecule has 0 aliphatic carbocycles. The van der Waals surface area contributed by atoms with E-state index in [1.165, 1.54) is 11.3 Å². The lowest BCUT2D eigenvalue weighted by atomic mass is 10.1. The number of nitro benzene ring substituents is 1. The molecule has 1 aromatic heterocycles. The summed E-state index contributed by atoms with van der Waals surface area (Å²) < 4.78 is 19.6. The van der Waals surface area contributed by atoms with Crippen molar-refractivity contribution in [3.05, 3.63) is 68.8 Å². The predicted molar refractivity (Wildman–Crippen MR) is 98.5 cm³/mol. The molecule has 0 atom stereocenters. The number of nitro groups is 1. The monoisotopic (exact) mass is 388 g/mol. The highest BCUT2D eigenvalue weighted by atomic mass is 32.1. The van der Waals surface area contributed by atoms with Crippen LogP contribution in [0.5, 0.6) is 0 Å². The molecule has 0 saturated heterocycles. The van der Waals surface area contributed by atoms with Crippen LogP contribution in [0, 0.1) is 22.9 Å². The van der Waals surface area contributed by atoms with Crippen LogP contribution < -0.4 is 5.32 Å². The van der Waals surface area contributed by atoms with Crippen LogP contribution >= 0.6 is 11.3 Å². The van der Waals surface area contributed by atoms with Crippen molar-refractivity contribution in [1.29, 1.82) is 0 Å². The molecule has 0 unspecified atom stereocenters. The van der Waals surface area contributed by atoms with Gasteiger partial charge in [0.05, 0.1) is 10.6 Å². The Balaban J connectivity index is 1.67. The van der Waals surface area contributed by atoms with Crippen LogP contribution in [0.2, 0.25) is 0 Å². The maximum atomic E-state index is 13.7. The van der Waals surface area contributed by atoms with Gasteiger partial charge in [0, 0.05) is 16.8 Å². The van der Waals surface area contributed by atoms with Gasteiger partial charge in [0.2, 0.25) is 0 Å². The first-order valence-corrected chi connectivity index (χ1v) is 8.57. The molecular weight excluding hydrogens is 375 g/mol. The number of anilines is 1. The molecule has 3 rings (SSSR count). The van der Waals surface area contributed by atoms with Crippen LogP contribution in [0.25, 0.3) is 10.1 Å². The van der Waals surface area contributed by atoms with E-state index in [0.29, 0.717) is 4.88 Å². The molecule has 1 N–H and O–H groups in total. The zero-order chi connectivity index (χ0) is 19.6. The Labute approximate surface area is 156 Å². The molecule has 138 valence electrons. The summed E-state index contributed by atoms with van der Waals surface area (Å²) in [5.41, 5.74) is 0.0265. The second-order valence-corrected chi connectivity index (χ2v) is 6.65. The first-order valence-electron chi connectivity index (χ1n) is 7.76. The Morgan fingerprint density at radius 1 is 1.26 bits per heavy atom. The molecule has 2 aromatic carbocycles. The van der Waals surface area contributed by atoms with Crippen molar-refractivity contribution in [1.82, 2.24) is 0 Å². The van der Waals surface area contributed by atoms with Crippen molar-refractivity contribution >= 4 is 44.7 Å². The van der Waals surface area contributed by atoms with Gasteiger partial charge in [-0.05, 0) is 30.0 Å². The van der Waals surface area contributed by atoms with Gasteiger partial charge in [0.15, 0.2) is 6.61 Å². The smallest absolute Gasteiger partial charge is 0.349 e. The number of amides is 1. The molecule has 0 radical (unpaired) electrons. The van der Waals surface area contributed by atoms with Gasteiger partial charge in [-0.15, -0.1) is 11.3 Å². The molecule has 0 aliphatic heterocycles. The summed E-state index contributed by atoms with van der Waals surface area (Å²) in [4.78, 5) is 34.6. The average Bonchev–Trinajstić information content (AvgIpc) is 2.98. The standard InChI is InChI=1S/C18H13FN2O5S/c1-10-12-4-2-3-5-15(12)27-17(10)18(23)26-9-16(22)20-14-8-11(21(24)25)6-7-13(14)19/h2-8H,9H2,1H3,(H,20,22). The summed E-state index contributed by atoms with van der Waals surface area (Å²) in [7, 11) is 0. The molecule has 27 heavy (non-hydrogen) atoms. The number of nitrogens with zero attached hydrogens (tertiary/aromatic N) is 1. The van der Waals surface area contributed by atoms with Gasteiger partial charge in [0.1, 0.15) is 10.7 Å². The Bertz CT molecular complexity index is 1060. The number of carbonyl (C=O) groups excluding carboxylic acids is 2. The van der Waals surface area contributed by atoms with E-state index in [-0.39, 0.29) is 11.4 Å². The van der Waals surface area contributed by atoms with Gasteiger partial charge >= 0.3 is 5.97 Å². The third-order valence-corrected chi connectivity index (χ3v) is 5.05.